The molecule has 1 aliphatic rings. The van der Waals surface area contributed by atoms with E-state index in [1.807, 2.05) is 0 Å². The van der Waals surface area contributed by atoms with E-state index >= 15 is 0 Å². The zero-order valence-corrected chi connectivity index (χ0v) is 8.30. The Morgan fingerprint density at radius 1 is 1.47 bits per heavy atom. The minimum Gasteiger partial charge on any atom is -0.505 e. The van der Waals surface area contributed by atoms with Crippen LogP contribution in [-0.4, -0.2) is 44.7 Å². The van der Waals surface area contributed by atoms with Crippen LogP contribution in [0.25, 0.3) is 0 Å². The molecule has 6 heteroatoms. The van der Waals surface area contributed by atoms with Gasteiger partial charge in [-0.3, -0.25) is 0 Å². The zero-order valence-electron chi connectivity index (χ0n) is 8.30. The Morgan fingerprint density at radius 2 is 2.07 bits per heavy atom. The van der Waals surface area contributed by atoms with Crippen LogP contribution in [0.5, 0.6) is 0 Å². The van der Waals surface area contributed by atoms with Crippen molar-refractivity contribution in [3.63, 3.8) is 0 Å². The third-order valence-corrected chi connectivity index (χ3v) is 2.43. The van der Waals surface area contributed by atoms with E-state index in [1.54, 1.807) is 6.92 Å². The topological polar surface area (TPSA) is 107 Å². The second kappa shape index (κ2) is 4.08. The summed E-state index contributed by atoms with van der Waals surface area (Å²) in [6.45, 7) is 1.08. The largest absolute Gasteiger partial charge is 0.505 e. The summed E-state index contributed by atoms with van der Waals surface area (Å²) < 4.78 is 4.74. The molecule has 0 saturated carbocycles. The van der Waals surface area contributed by atoms with E-state index < -0.39 is 35.8 Å². The van der Waals surface area contributed by atoms with E-state index in [1.165, 1.54) is 0 Å². The molecular formula is C9H14O6. The molecule has 0 aromatic rings. The van der Waals surface area contributed by atoms with Crippen molar-refractivity contribution in [3.05, 3.63) is 11.5 Å². The van der Waals surface area contributed by atoms with Crippen molar-refractivity contribution >= 4 is 5.97 Å². The highest BCUT2D eigenvalue weighted by atomic mass is 16.6. The molecule has 0 fully saturated rings. The van der Waals surface area contributed by atoms with E-state index in [4.69, 9.17) is 14.9 Å². The second-order valence-corrected chi connectivity index (χ2v) is 3.42. The first-order valence-corrected chi connectivity index (χ1v) is 4.64. The van der Waals surface area contributed by atoms with Crippen molar-refractivity contribution in [2.75, 3.05) is 6.61 Å². The zero-order chi connectivity index (χ0) is 11.6. The van der Waals surface area contributed by atoms with Crippen LogP contribution in [0, 0.1) is 0 Å². The SMILES string of the molecule is CCC[C@]1([C@@H](O)CO)OC(=O)C(O)=C1O. The van der Waals surface area contributed by atoms with Gasteiger partial charge in [0.1, 0.15) is 6.10 Å². The molecular weight excluding hydrogens is 204 g/mol. The van der Waals surface area contributed by atoms with Crippen LogP contribution in [0.3, 0.4) is 0 Å². The maximum absolute atomic E-state index is 11.0. The fourth-order valence-corrected chi connectivity index (χ4v) is 1.64. The number of rotatable bonds is 4. The monoisotopic (exact) mass is 218 g/mol. The molecule has 0 bridgehead atoms. The number of aliphatic hydroxyl groups excluding tert-OH is 4. The summed E-state index contributed by atoms with van der Waals surface area (Å²) in [5.41, 5.74) is -1.70. The van der Waals surface area contributed by atoms with E-state index in [0.717, 1.165) is 0 Å². The number of cyclic esters (lactones) is 1. The van der Waals surface area contributed by atoms with Gasteiger partial charge < -0.3 is 25.2 Å². The standard InChI is InChI=1S/C9H14O6/c1-2-3-9(5(11)4-10)7(13)6(12)8(14)15-9/h5,10-13H,2-4H2,1H3/t5-,9+/m0/s1. The molecule has 0 aromatic carbocycles. The molecule has 1 heterocycles. The highest BCUT2D eigenvalue weighted by molar-refractivity contribution is 5.89. The van der Waals surface area contributed by atoms with Crippen LogP contribution in [0.15, 0.2) is 11.5 Å². The summed E-state index contributed by atoms with van der Waals surface area (Å²) in [5, 5.41) is 37.0. The lowest BCUT2D eigenvalue weighted by Gasteiger charge is -2.31. The van der Waals surface area contributed by atoms with Gasteiger partial charge in [0.15, 0.2) is 5.76 Å². The molecule has 0 radical (unpaired) electrons. The predicted molar refractivity (Wildman–Crippen MR) is 49.1 cm³/mol. The van der Waals surface area contributed by atoms with Crippen LogP contribution in [-0.2, 0) is 9.53 Å². The van der Waals surface area contributed by atoms with Crippen molar-refractivity contribution < 1.29 is 30.0 Å². The number of carbonyl (C=O) groups excluding carboxylic acids is 1. The van der Waals surface area contributed by atoms with E-state index in [0.29, 0.717) is 6.42 Å². The van der Waals surface area contributed by atoms with Gasteiger partial charge in [0.2, 0.25) is 11.4 Å². The summed E-state index contributed by atoms with van der Waals surface area (Å²) in [6, 6.07) is 0. The molecule has 0 amide bonds. The van der Waals surface area contributed by atoms with Crippen LogP contribution >= 0.6 is 0 Å². The first-order valence-electron chi connectivity index (χ1n) is 4.64. The highest BCUT2D eigenvalue weighted by Gasteiger charge is 2.53. The molecule has 15 heavy (non-hydrogen) atoms. The molecule has 2 atom stereocenters. The smallest absolute Gasteiger partial charge is 0.378 e. The van der Waals surface area contributed by atoms with Gasteiger partial charge >= 0.3 is 5.97 Å². The van der Waals surface area contributed by atoms with Gasteiger partial charge in [-0.15, -0.1) is 0 Å². The second-order valence-electron chi connectivity index (χ2n) is 3.42. The van der Waals surface area contributed by atoms with Gasteiger partial charge in [-0.25, -0.2) is 4.79 Å². The number of hydrogen-bond acceptors (Lipinski definition) is 6. The molecule has 0 saturated heterocycles. The molecule has 86 valence electrons. The summed E-state index contributed by atoms with van der Waals surface area (Å²) in [6.07, 6.45) is -0.830. The minimum atomic E-state index is -1.70. The molecule has 1 rings (SSSR count). The fourth-order valence-electron chi connectivity index (χ4n) is 1.64. The molecule has 0 aromatic heterocycles. The average molecular weight is 218 g/mol. The number of ether oxygens (including phenoxy) is 1. The summed E-state index contributed by atoms with van der Waals surface area (Å²) in [5.74, 6) is -2.71. The first kappa shape index (κ1) is 11.8. The summed E-state index contributed by atoms with van der Waals surface area (Å²) in [7, 11) is 0. The van der Waals surface area contributed by atoms with E-state index in [2.05, 4.69) is 0 Å². The van der Waals surface area contributed by atoms with Crippen molar-refractivity contribution in [1.82, 2.24) is 0 Å². The van der Waals surface area contributed by atoms with Crippen LogP contribution < -0.4 is 0 Å². The first-order chi connectivity index (χ1) is 6.99. The summed E-state index contributed by atoms with van der Waals surface area (Å²) in [4.78, 5) is 11.0. The van der Waals surface area contributed by atoms with Gasteiger partial charge in [0, 0.05) is 0 Å². The molecule has 1 aliphatic heterocycles. The number of hydrogen-bond donors (Lipinski definition) is 4. The Labute approximate surface area is 86.4 Å². The Balaban J connectivity index is 3.09. The number of carbonyl (C=O) groups is 1. The third-order valence-electron chi connectivity index (χ3n) is 2.43. The van der Waals surface area contributed by atoms with Crippen molar-refractivity contribution in [3.8, 4) is 0 Å². The lowest BCUT2D eigenvalue weighted by molar-refractivity contribution is -0.165. The van der Waals surface area contributed by atoms with Crippen LogP contribution in [0.4, 0.5) is 0 Å². The quantitative estimate of drug-likeness (QED) is 0.485. The molecule has 0 unspecified atom stereocenters. The highest BCUT2D eigenvalue weighted by Crippen LogP contribution is 2.36. The van der Waals surface area contributed by atoms with Gasteiger partial charge in [0.05, 0.1) is 6.61 Å². The van der Waals surface area contributed by atoms with Gasteiger partial charge in [-0.05, 0) is 6.42 Å². The summed E-state index contributed by atoms with van der Waals surface area (Å²) >= 11 is 0. The third kappa shape index (κ3) is 1.66. The van der Waals surface area contributed by atoms with E-state index in [9.17, 15) is 15.0 Å². The maximum Gasteiger partial charge on any atom is 0.378 e. The average Bonchev–Trinajstić information content (AvgIpc) is 2.44. The van der Waals surface area contributed by atoms with Gasteiger partial charge in [-0.2, -0.15) is 0 Å². The van der Waals surface area contributed by atoms with E-state index in [-0.39, 0.29) is 6.42 Å². The Kier molecular flexibility index (Phi) is 3.21. The van der Waals surface area contributed by atoms with Gasteiger partial charge in [-0.1, -0.05) is 13.3 Å². The van der Waals surface area contributed by atoms with Crippen molar-refractivity contribution in [2.24, 2.45) is 0 Å². The Bertz CT molecular complexity index is 297. The van der Waals surface area contributed by atoms with Gasteiger partial charge in [0.25, 0.3) is 0 Å². The molecule has 6 nitrogen and oxygen atoms in total. The van der Waals surface area contributed by atoms with Crippen LogP contribution in [0.2, 0.25) is 0 Å². The molecule has 0 spiro atoms. The molecule has 4 N–H and O–H groups in total. The Hall–Kier alpha value is -1.27. The normalized spacial score (nSPS) is 28.1. The van der Waals surface area contributed by atoms with Crippen molar-refractivity contribution in [2.45, 2.75) is 31.5 Å². The fraction of sp³-hybridized carbons (Fsp3) is 0.667. The number of esters is 1. The minimum absolute atomic E-state index is 0.121. The van der Waals surface area contributed by atoms with Crippen LogP contribution in [0.1, 0.15) is 19.8 Å². The maximum atomic E-state index is 11.0. The lowest BCUT2D eigenvalue weighted by Crippen LogP contribution is -2.46. The van der Waals surface area contributed by atoms with Crippen molar-refractivity contribution in [1.29, 1.82) is 0 Å². The molecule has 0 aliphatic carbocycles. The Morgan fingerprint density at radius 3 is 2.40 bits per heavy atom. The lowest BCUT2D eigenvalue weighted by atomic mass is 9.90. The predicted octanol–water partition coefficient (Wildman–Crippen LogP) is -0.237. The number of aliphatic hydroxyl groups is 4.